The maximum atomic E-state index is 13.6. The molecular weight excluding hydrogens is 1100 g/mol. The predicted octanol–water partition coefficient (Wildman–Crippen LogP) is 23.3. The molecule has 0 aromatic heterocycles. The molecule has 3 atom stereocenters. The van der Waals surface area contributed by atoms with Crippen LogP contribution in [0.15, 0.2) is 72.9 Å². The maximum absolute atomic E-state index is 13.6. The van der Waals surface area contributed by atoms with Gasteiger partial charge in [-0.15, -0.1) is 0 Å². The minimum absolute atomic E-state index is 0.0245. The van der Waals surface area contributed by atoms with Crippen LogP contribution in [0.25, 0.3) is 0 Å². The Morgan fingerprint density at radius 1 is 0.402 bits per heavy atom. The number of nitrogens with one attached hydrogen (secondary N) is 1. The highest BCUT2D eigenvalue weighted by atomic mass is 31.2. The second-order valence-corrected chi connectivity index (χ2v) is 27.9. The van der Waals surface area contributed by atoms with Gasteiger partial charge >= 0.3 is 5.97 Å². The number of hydrogen-bond acceptors (Lipinski definition) is 7. The zero-order valence-electron chi connectivity index (χ0n) is 58.2. The van der Waals surface area contributed by atoms with E-state index in [1.165, 1.54) is 231 Å². The van der Waals surface area contributed by atoms with Crippen molar-refractivity contribution in [2.75, 3.05) is 40.9 Å². The fraction of sp³-hybridized carbons (Fsp3) is 0.818. The molecule has 87 heavy (non-hydrogen) atoms. The number of quaternary nitrogens is 1. The second kappa shape index (κ2) is 66.4. The third-order valence-corrected chi connectivity index (χ3v) is 17.6. The van der Waals surface area contributed by atoms with Crippen molar-refractivity contribution in [1.82, 2.24) is 5.32 Å². The lowest BCUT2D eigenvalue weighted by molar-refractivity contribution is -0.870. The summed E-state index contributed by atoms with van der Waals surface area (Å²) in [6, 6.07) is -0.895. The van der Waals surface area contributed by atoms with E-state index >= 15 is 0 Å². The standard InChI is InChI=1S/C77H143N2O7P/c1-7-10-13-16-19-22-25-28-30-32-34-36-38-39-41-42-44-46-48-51-54-57-60-63-66-69-76(80)78-74(73-85-87(82,83)84-72-71-79(4,5)6)75(68-65-62-59-56-53-50-27-24-21-18-15-12-9-3)86-77(81)70-67-64-61-58-55-52-49-47-45-43-40-37-35-33-31-29-26-23-20-17-14-11-8-2/h19,22,28-31,34,36,39,41,65,68,74-75H,7-18,20-21,23-27,32-33,35,37-38,40,42-64,66-67,69-73H2,1-6H3,(H-,78,80,82,83)/b22-19-,30-28-,31-29+,36-34-,41-39-,68-65+. The molecule has 0 spiro atoms. The molecule has 3 unspecified atom stereocenters. The zero-order valence-corrected chi connectivity index (χ0v) is 59.1. The summed E-state index contributed by atoms with van der Waals surface area (Å²) in [5, 5.41) is 3.05. The number of phosphoric acid groups is 1. The van der Waals surface area contributed by atoms with E-state index in [0.717, 1.165) is 89.9 Å². The third-order valence-electron chi connectivity index (χ3n) is 16.6. The summed E-state index contributed by atoms with van der Waals surface area (Å²) in [6.45, 7) is 6.85. The number of amides is 1. The molecule has 0 radical (unpaired) electrons. The number of esters is 1. The monoisotopic (exact) mass is 1240 g/mol. The van der Waals surface area contributed by atoms with E-state index in [1.54, 1.807) is 0 Å². The molecule has 508 valence electrons. The largest absolute Gasteiger partial charge is 0.756 e. The Morgan fingerprint density at radius 2 is 0.701 bits per heavy atom. The van der Waals surface area contributed by atoms with Crippen LogP contribution < -0.4 is 10.2 Å². The summed E-state index contributed by atoms with van der Waals surface area (Å²) in [6.07, 6.45) is 87.4. The minimum atomic E-state index is -4.71. The summed E-state index contributed by atoms with van der Waals surface area (Å²) in [4.78, 5) is 40.3. The molecule has 1 N–H and O–H groups in total. The van der Waals surface area contributed by atoms with Crippen molar-refractivity contribution in [3.8, 4) is 0 Å². The highest BCUT2D eigenvalue weighted by Gasteiger charge is 2.27. The van der Waals surface area contributed by atoms with Crippen LogP contribution in [-0.2, 0) is 27.9 Å². The van der Waals surface area contributed by atoms with Gasteiger partial charge in [-0.3, -0.25) is 14.2 Å². The summed E-state index contributed by atoms with van der Waals surface area (Å²) in [5.41, 5.74) is 0. The molecule has 0 bridgehead atoms. The van der Waals surface area contributed by atoms with Crippen LogP contribution >= 0.6 is 7.82 Å². The molecule has 0 aliphatic heterocycles. The van der Waals surface area contributed by atoms with E-state index in [9.17, 15) is 19.0 Å². The summed E-state index contributed by atoms with van der Waals surface area (Å²) < 4.78 is 30.5. The van der Waals surface area contributed by atoms with Crippen LogP contribution in [0, 0.1) is 0 Å². The average molecular weight is 1240 g/mol. The van der Waals surface area contributed by atoms with Crippen LogP contribution in [0.4, 0.5) is 0 Å². The van der Waals surface area contributed by atoms with Crippen LogP contribution in [-0.4, -0.2) is 69.4 Å². The van der Waals surface area contributed by atoms with Gasteiger partial charge in [0.2, 0.25) is 5.91 Å². The van der Waals surface area contributed by atoms with Crippen molar-refractivity contribution >= 4 is 19.7 Å². The lowest BCUT2D eigenvalue weighted by atomic mass is 10.0. The average Bonchev–Trinajstić information content (AvgIpc) is 3.70. The van der Waals surface area contributed by atoms with Crippen molar-refractivity contribution in [2.45, 2.75) is 367 Å². The lowest BCUT2D eigenvalue weighted by Crippen LogP contribution is -2.47. The van der Waals surface area contributed by atoms with E-state index in [4.69, 9.17) is 13.8 Å². The number of allylic oxidation sites excluding steroid dienone is 11. The molecule has 10 heteroatoms. The van der Waals surface area contributed by atoms with E-state index in [1.807, 2.05) is 33.3 Å². The van der Waals surface area contributed by atoms with Crippen LogP contribution in [0.2, 0.25) is 0 Å². The van der Waals surface area contributed by atoms with E-state index in [0.29, 0.717) is 17.4 Å². The first-order valence-electron chi connectivity index (χ1n) is 37.2. The van der Waals surface area contributed by atoms with Crippen molar-refractivity contribution in [3.05, 3.63) is 72.9 Å². The van der Waals surface area contributed by atoms with Gasteiger partial charge in [0.15, 0.2) is 0 Å². The van der Waals surface area contributed by atoms with E-state index < -0.39 is 26.6 Å². The highest BCUT2D eigenvalue weighted by Crippen LogP contribution is 2.38. The van der Waals surface area contributed by atoms with Crippen molar-refractivity contribution in [1.29, 1.82) is 0 Å². The number of ether oxygens (including phenoxy) is 1. The van der Waals surface area contributed by atoms with Crippen LogP contribution in [0.3, 0.4) is 0 Å². The predicted molar refractivity (Wildman–Crippen MR) is 376 cm³/mol. The SMILES string of the molecule is CCCCC/C=C\C/C=C\C/C=C\C/C=C\CCCCCCCCCCCC(=O)NC(COP(=O)([O-])OCC[N+](C)(C)C)C(/C=C/CCCCCCCCCCCCC)OC(=O)CCCCCCCCCCCCCCC/C=C/CCCCCCCC. The van der Waals surface area contributed by atoms with Gasteiger partial charge in [-0.2, -0.15) is 0 Å². The quantitative estimate of drug-likeness (QED) is 0.0212. The minimum Gasteiger partial charge on any atom is -0.756 e. The molecule has 0 aliphatic carbocycles. The Hall–Kier alpha value is -2.55. The number of likely N-dealkylation sites (N-methyl/N-ethyl adjacent to an activating group) is 1. The molecule has 0 fully saturated rings. The molecule has 0 saturated carbocycles. The molecule has 0 rings (SSSR count). The van der Waals surface area contributed by atoms with Crippen LogP contribution in [0.5, 0.6) is 0 Å². The van der Waals surface area contributed by atoms with E-state index in [2.05, 4.69) is 86.8 Å². The molecule has 0 saturated heterocycles. The molecule has 0 aromatic carbocycles. The van der Waals surface area contributed by atoms with Gasteiger partial charge in [-0.05, 0) is 102 Å². The summed E-state index contributed by atoms with van der Waals surface area (Å²) >= 11 is 0. The highest BCUT2D eigenvalue weighted by molar-refractivity contribution is 7.45. The summed E-state index contributed by atoms with van der Waals surface area (Å²) in [5.74, 6) is -0.536. The van der Waals surface area contributed by atoms with Gasteiger partial charge in [0.1, 0.15) is 19.3 Å². The number of phosphoric ester groups is 1. The Kier molecular flexibility index (Phi) is 64.4. The van der Waals surface area contributed by atoms with Gasteiger partial charge in [-0.25, -0.2) is 0 Å². The third kappa shape index (κ3) is 67.7. The van der Waals surface area contributed by atoms with Crippen molar-refractivity contribution in [3.63, 3.8) is 0 Å². The Balaban J connectivity index is 5.07. The molecule has 0 heterocycles. The number of carbonyl (C=O) groups excluding carboxylic acids is 2. The number of hydrogen-bond donors (Lipinski definition) is 1. The number of unbranched alkanes of at least 4 members (excludes halogenated alkanes) is 42. The maximum Gasteiger partial charge on any atom is 0.306 e. The van der Waals surface area contributed by atoms with Gasteiger partial charge in [0, 0.05) is 12.8 Å². The number of rotatable bonds is 68. The second-order valence-electron chi connectivity index (χ2n) is 26.4. The van der Waals surface area contributed by atoms with Crippen molar-refractivity contribution in [2.24, 2.45) is 0 Å². The first-order chi connectivity index (χ1) is 42.4. The fourth-order valence-corrected chi connectivity index (χ4v) is 11.6. The Labute approximate surface area is 540 Å². The number of nitrogens with zero attached hydrogens (tertiary/aromatic N) is 1. The van der Waals surface area contributed by atoms with Crippen molar-refractivity contribution < 1.29 is 37.3 Å². The first-order valence-corrected chi connectivity index (χ1v) is 38.7. The number of carbonyl (C=O) groups is 2. The van der Waals surface area contributed by atoms with Gasteiger partial charge in [0.25, 0.3) is 7.82 Å². The Morgan fingerprint density at radius 3 is 1.08 bits per heavy atom. The topological polar surface area (TPSA) is 114 Å². The molecule has 9 nitrogen and oxygen atoms in total. The molecule has 0 aromatic rings. The summed E-state index contributed by atoms with van der Waals surface area (Å²) in [7, 11) is 1.19. The molecule has 0 aliphatic rings. The normalized spacial score (nSPS) is 13.9. The van der Waals surface area contributed by atoms with Gasteiger partial charge in [-0.1, -0.05) is 312 Å². The molecular formula is C77H143N2O7P. The van der Waals surface area contributed by atoms with Gasteiger partial charge < -0.3 is 28.5 Å². The fourth-order valence-electron chi connectivity index (χ4n) is 10.9. The van der Waals surface area contributed by atoms with Crippen LogP contribution in [0.1, 0.15) is 355 Å². The lowest BCUT2D eigenvalue weighted by Gasteiger charge is -2.30. The first kappa shape index (κ1) is 84.5. The smallest absolute Gasteiger partial charge is 0.306 e. The van der Waals surface area contributed by atoms with Gasteiger partial charge in [0.05, 0.1) is 33.8 Å². The van der Waals surface area contributed by atoms with E-state index in [-0.39, 0.29) is 24.9 Å². The zero-order chi connectivity index (χ0) is 63.5. The molecule has 1 amide bonds. The Bertz CT molecular complexity index is 1720.